The molecule has 0 amide bonds. The predicted octanol–water partition coefficient (Wildman–Crippen LogP) is 9.25. The average Bonchev–Trinajstić information content (AvgIpc) is 4.07. The van der Waals surface area contributed by atoms with E-state index in [1.165, 1.54) is 56.8 Å². The Morgan fingerprint density at radius 3 is 1.55 bits per heavy atom. The van der Waals surface area contributed by atoms with Crippen molar-refractivity contribution in [2.45, 2.75) is 27.7 Å². The molecule has 0 aliphatic heterocycles. The number of nitro benzene ring substituents is 2. The van der Waals surface area contributed by atoms with E-state index in [4.69, 9.17) is 9.47 Å². The van der Waals surface area contributed by atoms with E-state index in [0.717, 1.165) is 65.7 Å². The third kappa shape index (κ3) is 12.9. The van der Waals surface area contributed by atoms with E-state index in [0.29, 0.717) is 75.4 Å². The fraction of sp³-hybridized carbons (Fsp3) is 0.333. The molecule has 4 aromatic carbocycles. The Balaban J connectivity index is 0.000000229. The number of fused-ring (bicyclic) bond motifs is 2. The normalized spacial score (nSPS) is 11.5. The predicted molar refractivity (Wildman–Crippen MR) is 308 cm³/mol. The maximum atomic E-state index is 13.0. The van der Waals surface area contributed by atoms with E-state index < -0.39 is 15.1 Å². The van der Waals surface area contributed by atoms with Gasteiger partial charge in [-0.3, -0.25) is 20.2 Å². The number of aromatic amines is 1. The van der Waals surface area contributed by atoms with E-state index in [-0.39, 0.29) is 22.2 Å². The van der Waals surface area contributed by atoms with Crippen LogP contribution in [0.25, 0.3) is 44.3 Å². The molecule has 8 rings (SSSR count). The zero-order valence-corrected chi connectivity index (χ0v) is 46.4. The zero-order chi connectivity index (χ0) is 56.3. The highest BCUT2D eigenvalue weighted by Gasteiger charge is 2.26. The SMILES string of the molecule is CCN(CC)CCN(C)c1cc(OC)c(Nc2nccc(-c3c[nH]c4ccccc34)n2)cc1[N+](=O)[O-].CCN(CC)CCN(C)c1cc(OC)c(Nc2nccc(-c3cn(S(=O)(=O)N(C)C)c4ccccc34)n2)cc1[N+](=O)[O-]. The molecule has 24 heteroatoms. The number of H-pyrrole nitrogens is 1. The van der Waals surface area contributed by atoms with E-state index in [9.17, 15) is 28.6 Å². The van der Waals surface area contributed by atoms with Gasteiger partial charge in [0.05, 0.1) is 52.3 Å². The Labute approximate surface area is 453 Å². The van der Waals surface area contributed by atoms with Gasteiger partial charge in [0.1, 0.15) is 22.9 Å². The number of nitrogens with one attached hydrogen (secondary N) is 3. The monoisotopic (exact) mass is 1090 g/mol. The lowest BCUT2D eigenvalue weighted by Crippen LogP contribution is -2.33. The van der Waals surface area contributed by atoms with Gasteiger partial charge in [-0.25, -0.2) is 23.9 Å². The summed E-state index contributed by atoms with van der Waals surface area (Å²) in [6.45, 7) is 14.8. The molecule has 3 N–H and O–H groups in total. The molecule has 0 fully saturated rings. The fourth-order valence-electron chi connectivity index (χ4n) is 8.84. The number of nitrogens with zero attached hydrogens (tertiary/aromatic N) is 12. The van der Waals surface area contributed by atoms with E-state index in [1.807, 2.05) is 72.6 Å². The highest BCUT2D eigenvalue weighted by molar-refractivity contribution is 7.87. The molecule has 0 saturated heterocycles. The minimum Gasteiger partial charge on any atom is -0.494 e. The topological polar surface area (TPSA) is 251 Å². The molecule has 78 heavy (non-hydrogen) atoms. The smallest absolute Gasteiger partial charge is 0.307 e. The van der Waals surface area contributed by atoms with E-state index in [2.05, 4.69) is 73.0 Å². The summed E-state index contributed by atoms with van der Waals surface area (Å²) in [5, 5.41) is 32.0. The largest absolute Gasteiger partial charge is 0.494 e. The first kappa shape index (κ1) is 57.3. The molecule has 4 heterocycles. The molecule has 8 aromatic rings. The molecular formula is C54H67N15O8S. The highest BCUT2D eigenvalue weighted by atomic mass is 32.2. The molecule has 0 aliphatic carbocycles. The molecule has 0 bridgehead atoms. The van der Waals surface area contributed by atoms with Crippen LogP contribution < -0.4 is 29.9 Å². The van der Waals surface area contributed by atoms with Crippen LogP contribution in [0.2, 0.25) is 0 Å². The quantitative estimate of drug-likeness (QED) is 0.0376. The van der Waals surface area contributed by atoms with Crippen molar-refractivity contribution in [2.24, 2.45) is 0 Å². The first-order valence-electron chi connectivity index (χ1n) is 25.4. The van der Waals surface area contributed by atoms with Crippen LogP contribution in [0.15, 0.2) is 110 Å². The van der Waals surface area contributed by atoms with Crippen LogP contribution in [0.5, 0.6) is 11.5 Å². The minimum absolute atomic E-state index is 0.0202. The first-order valence-corrected chi connectivity index (χ1v) is 26.8. The second-order valence-electron chi connectivity index (χ2n) is 18.2. The van der Waals surface area contributed by atoms with Gasteiger partial charge in [-0.1, -0.05) is 64.1 Å². The Bertz CT molecular complexity index is 3490. The van der Waals surface area contributed by atoms with Crippen molar-refractivity contribution in [1.29, 1.82) is 0 Å². The Kier molecular flexibility index (Phi) is 18.8. The van der Waals surface area contributed by atoms with Gasteiger partial charge >= 0.3 is 10.2 Å². The van der Waals surface area contributed by atoms with Crippen molar-refractivity contribution in [2.75, 3.05) is 115 Å². The van der Waals surface area contributed by atoms with Crippen molar-refractivity contribution in [3.8, 4) is 34.0 Å². The number of methoxy groups -OCH3 is 2. The molecule has 4 aromatic heterocycles. The van der Waals surface area contributed by atoms with Crippen LogP contribution in [0.3, 0.4) is 0 Å². The van der Waals surface area contributed by atoms with Gasteiger partial charge < -0.3 is 44.7 Å². The lowest BCUT2D eigenvalue weighted by atomic mass is 10.1. The minimum atomic E-state index is -3.79. The van der Waals surface area contributed by atoms with Gasteiger partial charge in [0.25, 0.3) is 11.4 Å². The van der Waals surface area contributed by atoms with E-state index in [1.54, 1.807) is 36.5 Å². The third-order valence-corrected chi connectivity index (χ3v) is 15.2. The Morgan fingerprint density at radius 2 is 1.09 bits per heavy atom. The van der Waals surface area contributed by atoms with Gasteiger partial charge in [-0.05, 0) is 50.4 Å². The number of hydrogen-bond acceptors (Lipinski definition) is 18. The van der Waals surface area contributed by atoms with Crippen molar-refractivity contribution >= 4 is 78.0 Å². The number of rotatable bonds is 24. The average molecular weight is 1090 g/mol. The summed E-state index contributed by atoms with van der Waals surface area (Å²) in [7, 11) is 5.85. The number of hydrogen-bond donors (Lipinski definition) is 3. The Morgan fingerprint density at radius 1 is 0.628 bits per heavy atom. The van der Waals surface area contributed by atoms with Crippen LogP contribution in [-0.4, -0.2) is 156 Å². The lowest BCUT2D eigenvalue weighted by Gasteiger charge is -2.25. The second kappa shape index (κ2) is 25.6. The number of aromatic nitrogens is 6. The molecule has 412 valence electrons. The molecule has 0 radical (unpaired) electrons. The van der Waals surface area contributed by atoms with Crippen LogP contribution in [0, 0.1) is 20.2 Å². The van der Waals surface area contributed by atoms with Crippen LogP contribution in [0.4, 0.5) is 46.0 Å². The fourth-order valence-corrected chi connectivity index (χ4v) is 9.84. The molecule has 0 unspecified atom stereocenters. The maximum Gasteiger partial charge on any atom is 0.307 e. The Hall–Kier alpha value is -8.45. The summed E-state index contributed by atoms with van der Waals surface area (Å²) in [5.41, 5.74) is 5.79. The number of ether oxygens (including phenoxy) is 2. The standard InChI is InChI=1S/C28H36N8O5S.C26H31N7O3/c1-7-34(8-2)16-15-33(5)25-18-27(41-6)23(17-26(25)36(37)38)31-28-29-14-13-22(30-28)21-19-35(42(39,40)32(3)4)24-12-10-9-11-20(21)24;1-5-32(6-2)14-13-31(3)23-16-25(36-4)22(15-24(23)33(34)35)30-26-27-12-11-21(29-26)19-17-28-20-10-8-7-9-18(19)20/h9-14,17-19H,7-8,15-16H2,1-6H3,(H,29,30,31);7-12,15-17,28H,5-6,13-14H2,1-4H3,(H,27,29,30). The zero-order valence-electron chi connectivity index (χ0n) is 45.6. The maximum absolute atomic E-state index is 13.0. The summed E-state index contributed by atoms with van der Waals surface area (Å²) >= 11 is 0. The van der Waals surface area contributed by atoms with Crippen LogP contribution >= 0.6 is 0 Å². The number of nitro groups is 2. The molecule has 0 aliphatic rings. The molecule has 0 saturated carbocycles. The summed E-state index contributed by atoms with van der Waals surface area (Å²) < 4.78 is 39.6. The lowest BCUT2D eigenvalue weighted by molar-refractivity contribution is -0.384. The van der Waals surface area contributed by atoms with Gasteiger partial charge in [-0.15, -0.1) is 0 Å². The van der Waals surface area contributed by atoms with Crippen molar-refractivity contribution in [3.63, 3.8) is 0 Å². The number of anilines is 6. The van der Waals surface area contributed by atoms with Gasteiger partial charge in [-0.2, -0.15) is 12.7 Å². The molecular weight excluding hydrogens is 1020 g/mol. The third-order valence-electron chi connectivity index (χ3n) is 13.4. The number of para-hydroxylation sites is 2. The summed E-state index contributed by atoms with van der Waals surface area (Å²) in [5.74, 6) is 1.32. The highest BCUT2D eigenvalue weighted by Crippen LogP contribution is 2.41. The number of benzene rings is 4. The van der Waals surface area contributed by atoms with Crippen molar-refractivity contribution < 1.29 is 27.7 Å². The molecule has 23 nitrogen and oxygen atoms in total. The van der Waals surface area contributed by atoms with Crippen molar-refractivity contribution in [1.82, 2.24) is 43.0 Å². The van der Waals surface area contributed by atoms with E-state index >= 15 is 0 Å². The molecule has 0 atom stereocenters. The van der Waals surface area contributed by atoms with Gasteiger partial charge in [0, 0.05) is 131 Å². The van der Waals surface area contributed by atoms with Crippen LogP contribution in [-0.2, 0) is 10.2 Å². The van der Waals surface area contributed by atoms with Gasteiger partial charge in [0.15, 0.2) is 0 Å². The summed E-state index contributed by atoms with van der Waals surface area (Å²) in [6.07, 6.45) is 6.63. The molecule has 0 spiro atoms. The van der Waals surface area contributed by atoms with Crippen LogP contribution in [0.1, 0.15) is 27.7 Å². The summed E-state index contributed by atoms with van der Waals surface area (Å²) in [6, 6.07) is 24.8. The van der Waals surface area contributed by atoms with Gasteiger partial charge in [0.2, 0.25) is 11.9 Å². The second-order valence-corrected chi connectivity index (χ2v) is 20.2. The summed E-state index contributed by atoms with van der Waals surface area (Å²) in [4.78, 5) is 52.7. The van der Waals surface area contributed by atoms with Crippen molar-refractivity contribution in [3.05, 3.63) is 130 Å². The first-order chi connectivity index (χ1) is 37.5. The number of likely N-dealkylation sites (N-methyl/N-ethyl adjacent to an activating group) is 4.